The Morgan fingerprint density at radius 3 is 2.73 bits per heavy atom. The Labute approximate surface area is 94.3 Å². The van der Waals surface area contributed by atoms with Crippen LogP contribution in [0.5, 0.6) is 0 Å². The van der Waals surface area contributed by atoms with E-state index < -0.39 is 0 Å². The molecule has 0 aromatic carbocycles. The highest BCUT2D eigenvalue weighted by molar-refractivity contribution is 6.32. The van der Waals surface area contributed by atoms with E-state index >= 15 is 0 Å². The molecule has 1 aromatic heterocycles. The molecule has 0 saturated carbocycles. The van der Waals surface area contributed by atoms with E-state index in [2.05, 4.69) is 16.9 Å². The Morgan fingerprint density at radius 2 is 2.20 bits per heavy atom. The average Bonchev–Trinajstić information content (AvgIpc) is 2.25. The number of rotatable bonds is 5. The van der Waals surface area contributed by atoms with Crippen molar-refractivity contribution in [3.8, 4) is 0 Å². The lowest BCUT2D eigenvalue weighted by molar-refractivity contribution is 0.112. The normalized spacial score (nSPS) is 10.1. The number of aldehydes is 1. The zero-order chi connectivity index (χ0) is 11.3. The molecule has 0 fully saturated rings. The summed E-state index contributed by atoms with van der Waals surface area (Å²) in [5.74, 6) is 0.620. The molecule has 0 amide bonds. The van der Waals surface area contributed by atoms with Crippen LogP contribution in [0.3, 0.4) is 0 Å². The quantitative estimate of drug-likeness (QED) is 0.571. The number of carbonyl (C=O) groups is 1. The number of nitrogens with zero attached hydrogens (tertiary/aromatic N) is 3. The van der Waals surface area contributed by atoms with Crippen molar-refractivity contribution in [1.29, 1.82) is 0 Å². The minimum absolute atomic E-state index is 0.213. The Hall–Kier alpha value is -1.16. The molecule has 0 spiro atoms. The van der Waals surface area contributed by atoms with Gasteiger partial charge in [0.1, 0.15) is 17.3 Å². The maximum absolute atomic E-state index is 10.9. The van der Waals surface area contributed by atoms with Gasteiger partial charge >= 0.3 is 0 Å². The van der Waals surface area contributed by atoms with Crippen molar-refractivity contribution in [2.75, 3.05) is 18.0 Å². The van der Waals surface area contributed by atoms with Crippen LogP contribution < -0.4 is 4.90 Å². The number of halogens is 1. The summed E-state index contributed by atoms with van der Waals surface area (Å²) in [5.41, 5.74) is 0.370. The van der Waals surface area contributed by atoms with Gasteiger partial charge in [0, 0.05) is 13.1 Å². The lowest BCUT2D eigenvalue weighted by atomic mass is 10.3. The van der Waals surface area contributed by atoms with Gasteiger partial charge in [0.15, 0.2) is 6.29 Å². The van der Waals surface area contributed by atoms with Gasteiger partial charge in [-0.3, -0.25) is 4.79 Å². The van der Waals surface area contributed by atoms with E-state index in [9.17, 15) is 4.79 Å². The molecule has 82 valence electrons. The van der Waals surface area contributed by atoms with E-state index in [1.54, 1.807) is 0 Å². The first kappa shape index (κ1) is 11.9. The van der Waals surface area contributed by atoms with Gasteiger partial charge in [-0.25, -0.2) is 9.97 Å². The number of aromatic nitrogens is 2. The third-order valence-electron chi connectivity index (χ3n) is 2.11. The van der Waals surface area contributed by atoms with Crippen molar-refractivity contribution in [1.82, 2.24) is 9.97 Å². The van der Waals surface area contributed by atoms with Crippen LogP contribution in [-0.2, 0) is 0 Å². The maximum atomic E-state index is 10.9. The molecule has 1 rings (SSSR count). The molecule has 0 unspecified atom stereocenters. The summed E-state index contributed by atoms with van der Waals surface area (Å²) in [5, 5.41) is 0.213. The van der Waals surface area contributed by atoms with Gasteiger partial charge in [-0.1, -0.05) is 18.5 Å². The molecule has 4 nitrogen and oxygen atoms in total. The molecule has 0 bridgehead atoms. The molecule has 0 aliphatic carbocycles. The predicted octanol–water partition coefficient (Wildman–Crippen LogP) is 2.18. The third kappa shape index (κ3) is 2.65. The molecule has 0 aliphatic heterocycles. The van der Waals surface area contributed by atoms with Crippen LogP contribution in [0.15, 0.2) is 6.33 Å². The van der Waals surface area contributed by atoms with Crippen molar-refractivity contribution < 1.29 is 4.79 Å². The van der Waals surface area contributed by atoms with Crippen molar-refractivity contribution in [2.45, 2.75) is 20.3 Å². The van der Waals surface area contributed by atoms with Gasteiger partial charge in [-0.15, -0.1) is 0 Å². The van der Waals surface area contributed by atoms with E-state index in [-0.39, 0.29) is 5.15 Å². The van der Waals surface area contributed by atoms with Crippen LogP contribution in [0.25, 0.3) is 0 Å². The van der Waals surface area contributed by atoms with Gasteiger partial charge in [0.25, 0.3) is 0 Å². The van der Waals surface area contributed by atoms with Crippen LogP contribution in [0.4, 0.5) is 5.82 Å². The van der Waals surface area contributed by atoms with Crippen LogP contribution in [-0.4, -0.2) is 29.3 Å². The predicted molar refractivity (Wildman–Crippen MR) is 60.6 cm³/mol. The standard InChI is InChI=1S/C10H14ClN3O/c1-3-5-14(4-2)10-8(6-15)9(11)12-7-13-10/h6-7H,3-5H2,1-2H3. The third-order valence-corrected chi connectivity index (χ3v) is 2.41. The van der Waals surface area contributed by atoms with Crippen LogP contribution in [0.1, 0.15) is 30.6 Å². The van der Waals surface area contributed by atoms with Gasteiger partial charge < -0.3 is 4.90 Å². The van der Waals surface area contributed by atoms with Crippen molar-refractivity contribution >= 4 is 23.7 Å². The Kier molecular flexibility index (Phi) is 4.49. The summed E-state index contributed by atoms with van der Waals surface area (Å²) in [6, 6.07) is 0. The molecule has 0 atom stereocenters. The van der Waals surface area contributed by atoms with E-state index in [1.807, 2.05) is 11.8 Å². The second-order valence-corrected chi connectivity index (χ2v) is 3.46. The molecule has 5 heteroatoms. The molecule has 1 heterocycles. The SMILES string of the molecule is CCCN(CC)c1ncnc(Cl)c1C=O. The first-order valence-electron chi connectivity index (χ1n) is 4.95. The van der Waals surface area contributed by atoms with Crippen molar-refractivity contribution in [3.05, 3.63) is 17.0 Å². The molecule has 0 radical (unpaired) electrons. The van der Waals surface area contributed by atoms with Gasteiger partial charge in [0.2, 0.25) is 0 Å². The maximum Gasteiger partial charge on any atom is 0.156 e. The summed E-state index contributed by atoms with van der Waals surface area (Å²) >= 11 is 5.82. The van der Waals surface area contributed by atoms with Gasteiger partial charge in [-0.05, 0) is 13.3 Å². The van der Waals surface area contributed by atoms with E-state index in [0.29, 0.717) is 17.7 Å². The second-order valence-electron chi connectivity index (χ2n) is 3.10. The second kappa shape index (κ2) is 5.66. The largest absolute Gasteiger partial charge is 0.356 e. The molecule has 1 aromatic rings. The highest BCUT2D eigenvalue weighted by Crippen LogP contribution is 2.21. The van der Waals surface area contributed by atoms with E-state index in [0.717, 1.165) is 19.5 Å². The van der Waals surface area contributed by atoms with Gasteiger partial charge in [0.05, 0.1) is 5.56 Å². The summed E-state index contributed by atoms with van der Waals surface area (Å²) < 4.78 is 0. The number of carbonyl (C=O) groups excluding carboxylic acids is 1. The van der Waals surface area contributed by atoms with Crippen molar-refractivity contribution in [3.63, 3.8) is 0 Å². The zero-order valence-corrected chi connectivity index (χ0v) is 9.66. The van der Waals surface area contributed by atoms with Crippen LogP contribution in [0.2, 0.25) is 5.15 Å². The summed E-state index contributed by atoms with van der Waals surface area (Å²) in [7, 11) is 0. The van der Waals surface area contributed by atoms with Crippen molar-refractivity contribution in [2.24, 2.45) is 0 Å². The molecular formula is C10H14ClN3O. The average molecular weight is 228 g/mol. The minimum Gasteiger partial charge on any atom is -0.356 e. The molecular weight excluding hydrogens is 214 g/mol. The molecule has 15 heavy (non-hydrogen) atoms. The Balaban J connectivity index is 3.10. The minimum atomic E-state index is 0.213. The van der Waals surface area contributed by atoms with Crippen LogP contribution in [0, 0.1) is 0 Å². The topological polar surface area (TPSA) is 46.1 Å². The molecule has 0 aliphatic rings. The molecule has 0 N–H and O–H groups in total. The smallest absolute Gasteiger partial charge is 0.156 e. The number of hydrogen-bond donors (Lipinski definition) is 0. The van der Waals surface area contributed by atoms with Gasteiger partial charge in [-0.2, -0.15) is 0 Å². The Morgan fingerprint density at radius 1 is 1.47 bits per heavy atom. The lowest BCUT2D eigenvalue weighted by Crippen LogP contribution is -2.26. The monoisotopic (exact) mass is 227 g/mol. The first-order chi connectivity index (χ1) is 7.24. The zero-order valence-electron chi connectivity index (χ0n) is 8.90. The molecule has 0 saturated heterocycles. The lowest BCUT2D eigenvalue weighted by Gasteiger charge is -2.22. The summed E-state index contributed by atoms with van der Waals surface area (Å²) in [4.78, 5) is 20.8. The highest BCUT2D eigenvalue weighted by atomic mass is 35.5. The van der Waals surface area contributed by atoms with E-state index in [4.69, 9.17) is 11.6 Å². The highest BCUT2D eigenvalue weighted by Gasteiger charge is 2.13. The van der Waals surface area contributed by atoms with E-state index in [1.165, 1.54) is 6.33 Å². The Bertz CT molecular complexity index is 343. The van der Waals surface area contributed by atoms with Crippen LogP contribution >= 0.6 is 11.6 Å². The summed E-state index contributed by atoms with van der Waals surface area (Å²) in [6.45, 7) is 5.74. The fourth-order valence-corrected chi connectivity index (χ4v) is 1.58. The summed E-state index contributed by atoms with van der Waals surface area (Å²) in [6.07, 6.45) is 3.08. The number of hydrogen-bond acceptors (Lipinski definition) is 4. The first-order valence-corrected chi connectivity index (χ1v) is 5.33. The fraction of sp³-hybridized carbons (Fsp3) is 0.500. The number of anilines is 1. The fourth-order valence-electron chi connectivity index (χ4n) is 1.40.